The Hall–Kier alpha value is -4.26. The van der Waals surface area contributed by atoms with Crippen LogP contribution in [-0.2, 0) is 30.7 Å². The number of rotatable bonds is 16. The maximum Gasteiger partial charge on any atom is 0.338 e. The molecule has 0 atom stereocenters. The lowest BCUT2D eigenvalue weighted by atomic mass is 10.0. The molecule has 250 valence electrons. The van der Waals surface area contributed by atoms with E-state index in [4.69, 9.17) is 18.6 Å². The number of nitrogens with zero attached hydrogens (tertiary/aromatic N) is 1. The van der Waals surface area contributed by atoms with E-state index in [1.54, 1.807) is 18.2 Å². The van der Waals surface area contributed by atoms with Crippen LogP contribution in [-0.4, -0.2) is 73.7 Å². The van der Waals surface area contributed by atoms with Gasteiger partial charge in [-0.25, -0.2) is 17.6 Å². The fourth-order valence-electron chi connectivity index (χ4n) is 5.59. The molecule has 1 fully saturated rings. The number of hydrogen-bond donors (Lipinski definition) is 1. The van der Waals surface area contributed by atoms with E-state index in [1.165, 1.54) is 42.7 Å². The molecule has 0 saturated heterocycles. The Kier molecular flexibility index (Phi) is 10.9. The van der Waals surface area contributed by atoms with Crippen LogP contribution in [0.3, 0.4) is 0 Å². The zero-order valence-electron chi connectivity index (χ0n) is 26.7. The Morgan fingerprint density at radius 3 is 2.36 bits per heavy atom. The number of halogens is 1. The molecule has 1 aliphatic carbocycles. The van der Waals surface area contributed by atoms with E-state index in [1.807, 2.05) is 18.2 Å². The number of carbonyl (C=O) groups excluding carboxylic acids is 2. The highest BCUT2D eigenvalue weighted by molar-refractivity contribution is 7.92. The van der Waals surface area contributed by atoms with Crippen molar-refractivity contribution in [1.29, 1.82) is 0 Å². The number of methoxy groups -OCH3 is 1. The number of ether oxygens (including phenoxy) is 3. The van der Waals surface area contributed by atoms with Crippen LogP contribution in [0.25, 0.3) is 22.3 Å². The number of anilines is 1. The lowest BCUT2D eigenvalue weighted by molar-refractivity contribution is 0.0500. The van der Waals surface area contributed by atoms with Gasteiger partial charge in [0.1, 0.15) is 17.2 Å². The predicted octanol–water partition coefficient (Wildman–Crippen LogP) is 5.69. The van der Waals surface area contributed by atoms with Crippen LogP contribution in [0.4, 0.5) is 10.1 Å². The summed E-state index contributed by atoms with van der Waals surface area (Å²) in [4.78, 5) is 25.0. The van der Waals surface area contributed by atoms with E-state index in [2.05, 4.69) is 5.32 Å². The molecule has 4 aromatic rings. The number of amides is 1. The lowest BCUT2D eigenvalue weighted by Gasteiger charge is -2.25. The SMILES string of the molecule is CNC(=O)c1c(-c2ccc(F)cc2)oc2cc(N(CCOCCOCCCc3ccccc3C(=O)OC)S(C)(=O)=O)c(C3CC3)cc12. The van der Waals surface area contributed by atoms with Crippen molar-refractivity contribution in [3.05, 3.63) is 88.7 Å². The molecule has 0 spiro atoms. The van der Waals surface area contributed by atoms with Crippen molar-refractivity contribution >= 4 is 38.6 Å². The number of fused-ring (bicyclic) bond motifs is 1. The van der Waals surface area contributed by atoms with Crippen molar-refractivity contribution in [3.63, 3.8) is 0 Å². The van der Waals surface area contributed by atoms with Crippen LogP contribution in [0.5, 0.6) is 0 Å². The van der Waals surface area contributed by atoms with Gasteiger partial charge in [-0.3, -0.25) is 9.10 Å². The molecule has 10 nitrogen and oxygen atoms in total. The molecule has 0 radical (unpaired) electrons. The first kappa shape index (κ1) is 34.1. The summed E-state index contributed by atoms with van der Waals surface area (Å²) in [6, 6.07) is 16.5. The third-order valence-corrected chi connectivity index (χ3v) is 9.23. The minimum absolute atomic E-state index is 0.0716. The van der Waals surface area contributed by atoms with Gasteiger partial charge >= 0.3 is 5.97 Å². The Balaban J connectivity index is 1.25. The van der Waals surface area contributed by atoms with Crippen LogP contribution in [0.1, 0.15) is 57.0 Å². The summed E-state index contributed by atoms with van der Waals surface area (Å²) in [5.74, 6) is -0.718. The summed E-state index contributed by atoms with van der Waals surface area (Å²) in [5.41, 5.74) is 3.93. The molecule has 1 N–H and O–H groups in total. The lowest BCUT2D eigenvalue weighted by Crippen LogP contribution is -2.34. The number of hydrogen-bond acceptors (Lipinski definition) is 8. The van der Waals surface area contributed by atoms with Gasteiger partial charge in [-0.1, -0.05) is 18.2 Å². The monoisotopic (exact) mass is 666 g/mol. The summed E-state index contributed by atoms with van der Waals surface area (Å²) in [6.45, 7) is 1.28. The van der Waals surface area contributed by atoms with E-state index in [-0.39, 0.29) is 43.3 Å². The smallest absolute Gasteiger partial charge is 0.338 e. The first-order valence-electron chi connectivity index (χ1n) is 15.5. The van der Waals surface area contributed by atoms with Gasteiger partial charge in [-0.15, -0.1) is 0 Å². The molecule has 12 heteroatoms. The zero-order chi connectivity index (χ0) is 33.6. The highest BCUT2D eigenvalue weighted by atomic mass is 32.2. The van der Waals surface area contributed by atoms with Crippen molar-refractivity contribution in [2.75, 3.05) is 57.7 Å². The largest absolute Gasteiger partial charge is 0.465 e. The number of aryl methyl sites for hydroxylation is 1. The van der Waals surface area contributed by atoms with Gasteiger partial charge in [0, 0.05) is 30.7 Å². The first-order chi connectivity index (χ1) is 22.6. The van der Waals surface area contributed by atoms with E-state index >= 15 is 0 Å². The molecular weight excluding hydrogens is 627 g/mol. The second-order valence-electron chi connectivity index (χ2n) is 11.4. The minimum Gasteiger partial charge on any atom is -0.465 e. The van der Waals surface area contributed by atoms with Crippen LogP contribution in [0, 0.1) is 5.82 Å². The summed E-state index contributed by atoms with van der Waals surface area (Å²) in [6.07, 6.45) is 4.32. The van der Waals surface area contributed by atoms with Crippen molar-refractivity contribution in [2.24, 2.45) is 0 Å². The third-order valence-electron chi connectivity index (χ3n) is 8.05. The molecule has 5 rings (SSSR count). The first-order valence-corrected chi connectivity index (χ1v) is 17.3. The molecule has 1 heterocycles. The number of carbonyl (C=O) groups is 2. The second-order valence-corrected chi connectivity index (χ2v) is 13.3. The van der Waals surface area contributed by atoms with Crippen LogP contribution in [0.15, 0.2) is 65.1 Å². The molecule has 3 aromatic carbocycles. The number of benzene rings is 3. The van der Waals surface area contributed by atoms with E-state index in [9.17, 15) is 22.4 Å². The van der Waals surface area contributed by atoms with Crippen molar-refractivity contribution in [1.82, 2.24) is 5.32 Å². The summed E-state index contributed by atoms with van der Waals surface area (Å²) >= 11 is 0. The molecule has 0 unspecified atom stereocenters. The molecule has 1 aliphatic rings. The molecular formula is C35H39FN2O8S. The summed E-state index contributed by atoms with van der Waals surface area (Å²) in [7, 11) is -0.831. The van der Waals surface area contributed by atoms with E-state index < -0.39 is 15.8 Å². The van der Waals surface area contributed by atoms with Crippen molar-refractivity contribution in [3.8, 4) is 11.3 Å². The second kappa shape index (κ2) is 15.1. The van der Waals surface area contributed by atoms with Crippen LogP contribution in [0.2, 0.25) is 0 Å². The highest BCUT2D eigenvalue weighted by Crippen LogP contribution is 2.48. The molecule has 0 bridgehead atoms. The van der Waals surface area contributed by atoms with Gasteiger partial charge in [0.2, 0.25) is 10.0 Å². The van der Waals surface area contributed by atoms with Gasteiger partial charge in [0.25, 0.3) is 5.91 Å². The normalized spacial score (nSPS) is 13.1. The van der Waals surface area contributed by atoms with Crippen molar-refractivity contribution < 1.29 is 41.0 Å². The molecule has 1 saturated carbocycles. The van der Waals surface area contributed by atoms with Crippen molar-refractivity contribution in [2.45, 2.75) is 31.6 Å². The highest BCUT2D eigenvalue weighted by Gasteiger charge is 2.33. The quantitative estimate of drug-likeness (QED) is 0.119. The average Bonchev–Trinajstić information content (AvgIpc) is 3.84. The number of nitrogens with one attached hydrogen (secondary N) is 1. The Bertz CT molecular complexity index is 1830. The molecule has 0 aliphatic heterocycles. The summed E-state index contributed by atoms with van der Waals surface area (Å²) < 4.78 is 63.6. The Morgan fingerprint density at radius 2 is 1.70 bits per heavy atom. The van der Waals surface area contributed by atoms with E-state index in [0.717, 1.165) is 30.2 Å². The molecule has 1 amide bonds. The Morgan fingerprint density at radius 1 is 1.00 bits per heavy atom. The number of sulfonamides is 1. The maximum atomic E-state index is 13.7. The number of esters is 1. The topological polar surface area (TPSA) is 124 Å². The fourth-order valence-corrected chi connectivity index (χ4v) is 6.51. The van der Waals surface area contributed by atoms with Gasteiger partial charge in [0.05, 0.1) is 56.5 Å². The number of furan rings is 1. The molecule has 47 heavy (non-hydrogen) atoms. The zero-order valence-corrected chi connectivity index (χ0v) is 27.5. The van der Waals surface area contributed by atoms with Crippen LogP contribution < -0.4 is 9.62 Å². The van der Waals surface area contributed by atoms with Crippen LogP contribution >= 0.6 is 0 Å². The predicted molar refractivity (Wildman–Crippen MR) is 177 cm³/mol. The minimum atomic E-state index is -3.71. The maximum absolute atomic E-state index is 13.7. The molecule has 1 aromatic heterocycles. The summed E-state index contributed by atoms with van der Waals surface area (Å²) in [5, 5.41) is 3.22. The van der Waals surface area contributed by atoms with E-state index in [0.29, 0.717) is 59.4 Å². The Labute approximate surface area is 273 Å². The van der Waals surface area contributed by atoms with Gasteiger partial charge < -0.3 is 23.9 Å². The average molecular weight is 667 g/mol. The van der Waals surface area contributed by atoms with Gasteiger partial charge in [0.15, 0.2) is 0 Å². The van der Waals surface area contributed by atoms with Gasteiger partial charge in [-0.05, 0) is 79.1 Å². The standard InChI is InChI=1S/C35H39FN2O8S/c1-37-34(39)32-29-21-28(24-10-11-24)30(22-31(29)46-33(32)25-12-14-26(36)15-13-25)38(47(3,41)42)16-18-45-20-19-44-17-6-8-23-7-4-5-9-27(23)35(40)43-2/h4-5,7,9,12-15,21-22,24H,6,8,10-11,16-20H2,1-3H3,(H,37,39). The third kappa shape index (κ3) is 8.19. The fraction of sp³-hybridized carbons (Fsp3) is 0.371. The van der Waals surface area contributed by atoms with Gasteiger partial charge in [-0.2, -0.15) is 0 Å².